The van der Waals surface area contributed by atoms with E-state index in [4.69, 9.17) is 10.5 Å². The summed E-state index contributed by atoms with van der Waals surface area (Å²) < 4.78 is 5.42. The molecule has 1 saturated heterocycles. The first-order valence-corrected chi connectivity index (χ1v) is 5.32. The Bertz CT molecular complexity index is 179. The Morgan fingerprint density at radius 1 is 1.57 bits per heavy atom. The van der Waals surface area contributed by atoms with Crippen LogP contribution in [0.25, 0.3) is 0 Å². The summed E-state index contributed by atoms with van der Waals surface area (Å²) in [6, 6.07) is 0. The average Bonchev–Trinajstić information content (AvgIpc) is 2.26. The predicted molar refractivity (Wildman–Crippen MR) is 54.9 cm³/mol. The maximum absolute atomic E-state index is 11.8. The Labute approximate surface area is 85.4 Å². The minimum Gasteiger partial charge on any atom is -0.368 e. The molecule has 4 nitrogen and oxygen atoms in total. The van der Waals surface area contributed by atoms with Crippen LogP contribution in [0.1, 0.15) is 25.7 Å². The largest absolute Gasteiger partial charge is 0.368 e. The smallest absolute Gasteiger partial charge is 0.251 e. The molecule has 2 N–H and O–H groups in total. The lowest BCUT2D eigenvalue weighted by Gasteiger charge is -2.26. The first-order valence-electron chi connectivity index (χ1n) is 5.32. The van der Waals surface area contributed by atoms with Gasteiger partial charge in [0.15, 0.2) is 0 Å². The molecule has 4 heteroatoms. The van der Waals surface area contributed by atoms with Crippen molar-refractivity contribution in [3.63, 3.8) is 0 Å². The molecule has 0 radical (unpaired) electrons. The molecule has 1 rings (SSSR count). The van der Waals surface area contributed by atoms with Crippen LogP contribution in [0.3, 0.4) is 0 Å². The van der Waals surface area contributed by atoms with E-state index in [2.05, 4.69) is 0 Å². The van der Waals surface area contributed by atoms with E-state index >= 15 is 0 Å². The van der Waals surface area contributed by atoms with Crippen LogP contribution >= 0.6 is 0 Å². The number of nitrogens with zero attached hydrogens (tertiary/aromatic N) is 1. The highest BCUT2D eigenvalue weighted by Crippen LogP contribution is 2.14. The highest BCUT2D eigenvalue weighted by Gasteiger charge is 2.24. The van der Waals surface area contributed by atoms with Gasteiger partial charge in [-0.25, -0.2) is 0 Å². The summed E-state index contributed by atoms with van der Waals surface area (Å²) in [6.07, 6.45) is 3.70. The van der Waals surface area contributed by atoms with E-state index in [1.165, 1.54) is 0 Å². The molecule has 1 aliphatic rings. The molecule has 0 spiro atoms. The van der Waals surface area contributed by atoms with Crippen molar-refractivity contribution in [1.82, 2.24) is 4.90 Å². The van der Waals surface area contributed by atoms with Gasteiger partial charge in [0.05, 0.1) is 0 Å². The monoisotopic (exact) mass is 200 g/mol. The van der Waals surface area contributed by atoms with Crippen LogP contribution in [-0.2, 0) is 9.53 Å². The van der Waals surface area contributed by atoms with Crippen molar-refractivity contribution in [2.45, 2.75) is 31.8 Å². The highest BCUT2D eigenvalue weighted by molar-refractivity contribution is 5.80. The van der Waals surface area contributed by atoms with Crippen molar-refractivity contribution in [3.8, 4) is 0 Å². The Hall–Kier alpha value is -0.610. The normalized spacial score (nSPS) is 22.0. The van der Waals surface area contributed by atoms with Gasteiger partial charge in [-0.1, -0.05) is 0 Å². The van der Waals surface area contributed by atoms with Gasteiger partial charge in [-0.2, -0.15) is 0 Å². The van der Waals surface area contributed by atoms with Gasteiger partial charge in [0.25, 0.3) is 5.91 Å². The zero-order valence-corrected chi connectivity index (χ0v) is 8.87. The molecule has 0 aromatic heterocycles. The van der Waals surface area contributed by atoms with E-state index in [1.807, 2.05) is 7.05 Å². The quantitative estimate of drug-likeness (QED) is 0.713. The summed E-state index contributed by atoms with van der Waals surface area (Å²) in [7, 11) is 1.82. The second kappa shape index (κ2) is 5.98. The molecule has 1 aliphatic heterocycles. The SMILES string of the molecule is CN(CCCN)C(=O)C1CCCCO1. The molecule has 1 heterocycles. The molecule has 0 bridgehead atoms. The summed E-state index contributed by atoms with van der Waals surface area (Å²) >= 11 is 0. The number of hydrogen-bond donors (Lipinski definition) is 1. The van der Waals surface area contributed by atoms with Crippen molar-refractivity contribution in [3.05, 3.63) is 0 Å². The van der Waals surface area contributed by atoms with Crippen molar-refractivity contribution in [2.75, 3.05) is 26.7 Å². The van der Waals surface area contributed by atoms with Crippen molar-refractivity contribution in [1.29, 1.82) is 0 Å². The lowest BCUT2D eigenvalue weighted by Crippen LogP contribution is -2.40. The maximum Gasteiger partial charge on any atom is 0.251 e. The van der Waals surface area contributed by atoms with Gasteiger partial charge in [-0.05, 0) is 32.2 Å². The average molecular weight is 200 g/mol. The van der Waals surface area contributed by atoms with E-state index in [-0.39, 0.29) is 12.0 Å². The highest BCUT2D eigenvalue weighted by atomic mass is 16.5. The zero-order chi connectivity index (χ0) is 10.4. The third-order valence-electron chi connectivity index (χ3n) is 2.53. The predicted octanol–water partition coefficient (Wildman–Crippen LogP) is 0.363. The number of nitrogens with two attached hydrogens (primary N) is 1. The molecular formula is C10H20N2O2. The van der Waals surface area contributed by atoms with Gasteiger partial charge < -0.3 is 15.4 Å². The number of carbonyl (C=O) groups excluding carboxylic acids is 1. The third-order valence-corrected chi connectivity index (χ3v) is 2.53. The molecule has 14 heavy (non-hydrogen) atoms. The lowest BCUT2D eigenvalue weighted by molar-refractivity contribution is -0.145. The van der Waals surface area contributed by atoms with Gasteiger partial charge in [-0.15, -0.1) is 0 Å². The Balaban J connectivity index is 2.30. The fourth-order valence-electron chi connectivity index (χ4n) is 1.62. The summed E-state index contributed by atoms with van der Waals surface area (Å²) in [5.74, 6) is 0.109. The van der Waals surface area contributed by atoms with Crippen molar-refractivity contribution >= 4 is 5.91 Å². The van der Waals surface area contributed by atoms with Crippen LogP contribution in [0.15, 0.2) is 0 Å². The Morgan fingerprint density at radius 2 is 2.36 bits per heavy atom. The Kier molecular flexibility index (Phi) is 4.90. The van der Waals surface area contributed by atoms with Gasteiger partial charge in [0, 0.05) is 20.2 Å². The number of amides is 1. The molecule has 0 saturated carbocycles. The van der Waals surface area contributed by atoms with Crippen LogP contribution < -0.4 is 5.73 Å². The second-order valence-corrected chi connectivity index (χ2v) is 3.76. The number of hydrogen-bond acceptors (Lipinski definition) is 3. The van der Waals surface area contributed by atoms with E-state index < -0.39 is 0 Å². The third kappa shape index (κ3) is 3.27. The van der Waals surface area contributed by atoms with E-state index in [9.17, 15) is 4.79 Å². The fourth-order valence-corrected chi connectivity index (χ4v) is 1.62. The number of ether oxygens (including phenoxy) is 1. The molecule has 1 unspecified atom stereocenters. The molecule has 0 aromatic rings. The van der Waals surface area contributed by atoms with E-state index in [0.29, 0.717) is 6.54 Å². The molecule has 1 amide bonds. The standard InChI is InChI=1S/C10H20N2O2/c1-12(7-4-6-11)10(13)9-5-2-3-8-14-9/h9H,2-8,11H2,1H3. The number of rotatable bonds is 4. The first-order chi connectivity index (χ1) is 6.75. The van der Waals surface area contributed by atoms with E-state index in [0.717, 1.165) is 38.8 Å². The minimum atomic E-state index is -0.202. The second-order valence-electron chi connectivity index (χ2n) is 3.76. The first kappa shape index (κ1) is 11.5. The van der Waals surface area contributed by atoms with Crippen LogP contribution in [-0.4, -0.2) is 43.7 Å². The van der Waals surface area contributed by atoms with Gasteiger partial charge in [0.1, 0.15) is 6.10 Å². The van der Waals surface area contributed by atoms with Gasteiger partial charge in [0.2, 0.25) is 0 Å². The lowest BCUT2D eigenvalue weighted by atomic mass is 10.1. The van der Waals surface area contributed by atoms with Crippen molar-refractivity contribution < 1.29 is 9.53 Å². The number of carbonyl (C=O) groups is 1. The van der Waals surface area contributed by atoms with Crippen LogP contribution in [0.2, 0.25) is 0 Å². The molecule has 82 valence electrons. The fraction of sp³-hybridized carbons (Fsp3) is 0.900. The summed E-state index contributed by atoms with van der Waals surface area (Å²) in [5, 5.41) is 0. The molecule has 0 aliphatic carbocycles. The Morgan fingerprint density at radius 3 is 2.93 bits per heavy atom. The van der Waals surface area contributed by atoms with Crippen LogP contribution in [0, 0.1) is 0 Å². The maximum atomic E-state index is 11.8. The zero-order valence-electron chi connectivity index (χ0n) is 8.87. The molecule has 0 aromatic carbocycles. The van der Waals surface area contributed by atoms with Gasteiger partial charge in [-0.3, -0.25) is 4.79 Å². The topological polar surface area (TPSA) is 55.6 Å². The molecule has 1 fully saturated rings. The van der Waals surface area contributed by atoms with Crippen LogP contribution in [0.5, 0.6) is 0 Å². The summed E-state index contributed by atoms with van der Waals surface area (Å²) in [5.41, 5.74) is 5.39. The number of likely N-dealkylation sites (N-methyl/N-ethyl adjacent to an activating group) is 1. The van der Waals surface area contributed by atoms with E-state index in [1.54, 1.807) is 4.90 Å². The summed E-state index contributed by atoms with van der Waals surface area (Å²) in [4.78, 5) is 13.5. The van der Waals surface area contributed by atoms with Gasteiger partial charge >= 0.3 is 0 Å². The molecular weight excluding hydrogens is 180 g/mol. The minimum absolute atomic E-state index is 0.109. The van der Waals surface area contributed by atoms with Crippen molar-refractivity contribution in [2.24, 2.45) is 5.73 Å². The summed E-state index contributed by atoms with van der Waals surface area (Å²) in [6.45, 7) is 2.08. The van der Waals surface area contributed by atoms with Crippen LogP contribution in [0.4, 0.5) is 0 Å². The molecule has 1 atom stereocenters.